The molecule has 0 aliphatic heterocycles. The van der Waals surface area contributed by atoms with Gasteiger partial charge in [0.2, 0.25) is 0 Å². The monoisotopic (exact) mass is 517 g/mol. The van der Waals surface area contributed by atoms with Gasteiger partial charge in [-0.3, -0.25) is 9.97 Å². The van der Waals surface area contributed by atoms with Gasteiger partial charge in [-0.25, -0.2) is 0 Å². The minimum Gasteiger partial charge on any atom is -2.00 e. The van der Waals surface area contributed by atoms with Crippen molar-refractivity contribution < 1.29 is 34.2 Å². The van der Waals surface area contributed by atoms with E-state index in [1.807, 2.05) is 30.3 Å². The number of aromatic nitrogens is 2. The molecule has 0 amide bonds. The first kappa shape index (κ1) is 25.9. The van der Waals surface area contributed by atoms with Crippen LogP contribution in [-0.2, 0) is 24.0 Å². The van der Waals surface area contributed by atoms with Crippen molar-refractivity contribution in [1.29, 1.82) is 0 Å². The standard InChI is InChI=1S/C12H9N3.C8H8BrN3O2.O.V/c13-10-7-8-3-1-5-14-11(8)12-9(10)4-2-6-15-12;9-6-1-2-7(13)5(3-6)4-11-12-8(10)14;;/h1-7H,13H2;1-4,13H,(H3,10,12,14);;/q;;-2;+4/p-2/b;11-4+;;. The van der Waals surface area contributed by atoms with Crippen molar-refractivity contribution >= 4 is 55.7 Å². The fourth-order valence-corrected chi connectivity index (χ4v) is 2.95. The molecule has 0 unspecified atom stereocenters. The van der Waals surface area contributed by atoms with Gasteiger partial charge in [0.25, 0.3) is 0 Å². The second-order valence-corrected chi connectivity index (χ2v) is 6.72. The third kappa shape index (κ3) is 6.66. The quantitative estimate of drug-likeness (QED) is 0.134. The SMILES string of the molecule is N/C([O-])=N/N=C/c1cc(Br)ccc1[O-].Nc1cc2cccnc2c2ncccc12.[O-2].[V+4]. The number of benzene rings is 2. The summed E-state index contributed by atoms with van der Waals surface area (Å²) in [5.74, 6) is -0.198. The van der Waals surface area contributed by atoms with E-state index < -0.39 is 6.02 Å². The van der Waals surface area contributed by atoms with E-state index in [1.54, 1.807) is 24.5 Å². The predicted octanol–water partition coefficient (Wildman–Crippen LogP) is 1.78. The fourth-order valence-electron chi connectivity index (χ4n) is 2.57. The molecule has 2 aromatic heterocycles. The maximum absolute atomic E-state index is 11.2. The summed E-state index contributed by atoms with van der Waals surface area (Å²) < 4.78 is 0.748. The number of nitrogen functional groups attached to an aromatic ring is 1. The molecule has 11 heteroatoms. The molecular formula is C20H15BrN6O3V. The molecule has 4 aromatic rings. The number of hydrogen-bond acceptors (Lipinski definition) is 7. The molecule has 0 fully saturated rings. The molecule has 9 nitrogen and oxygen atoms in total. The second-order valence-electron chi connectivity index (χ2n) is 5.81. The normalized spacial score (nSPS) is 10.8. The molecule has 0 aliphatic rings. The maximum Gasteiger partial charge on any atom is 4.00 e. The third-order valence-corrected chi connectivity index (χ3v) is 4.31. The van der Waals surface area contributed by atoms with Crippen LogP contribution in [-0.4, -0.2) is 22.2 Å². The summed E-state index contributed by atoms with van der Waals surface area (Å²) in [6.07, 6.45) is 4.71. The van der Waals surface area contributed by atoms with Crippen LogP contribution in [0.1, 0.15) is 5.56 Å². The Labute approximate surface area is 197 Å². The zero-order valence-electron chi connectivity index (χ0n) is 15.8. The Balaban J connectivity index is 0.000000292. The van der Waals surface area contributed by atoms with Crippen molar-refractivity contribution in [1.82, 2.24) is 9.97 Å². The van der Waals surface area contributed by atoms with Gasteiger partial charge in [0.05, 0.1) is 23.3 Å². The Morgan fingerprint density at radius 2 is 1.71 bits per heavy atom. The molecule has 4 N–H and O–H groups in total. The first-order chi connectivity index (χ1) is 14.0. The van der Waals surface area contributed by atoms with Crippen LogP contribution in [0.25, 0.3) is 21.8 Å². The van der Waals surface area contributed by atoms with E-state index in [0.29, 0.717) is 5.56 Å². The molecule has 0 aliphatic carbocycles. The minimum absolute atomic E-state index is 0. The van der Waals surface area contributed by atoms with Crippen molar-refractivity contribution in [2.45, 2.75) is 0 Å². The molecule has 0 saturated carbocycles. The Morgan fingerprint density at radius 1 is 1.03 bits per heavy atom. The molecule has 155 valence electrons. The number of anilines is 1. The van der Waals surface area contributed by atoms with Crippen LogP contribution in [0, 0.1) is 0 Å². The number of halogens is 1. The van der Waals surface area contributed by atoms with E-state index >= 15 is 0 Å². The molecule has 2 aromatic carbocycles. The second kappa shape index (κ2) is 11.9. The summed E-state index contributed by atoms with van der Waals surface area (Å²) in [6.45, 7) is 0. The van der Waals surface area contributed by atoms with Gasteiger partial charge < -0.3 is 27.2 Å². The summed E-state index contributed by atoms with van der Waals surface area (Å²) in [5.41, 5.74) is 13.5. The average Bonchev–Trinajstić information content (AvgIpc) is 2.71. The number of amidine groups is 1. The summed E-state index contributed by atoms with van der Waals surface area (Å²) in [7, 11) is 0. The van der Waals surface area contributed by atoms with Crippen molar-refractivity contribution in [2.24, 2.45) is 15.9 Å². The van der Waals surface area contributed by atoms with Crippen molar-refractivity contribution in [3.8, 4) is 5.75 Å². The summed E-state index contributed by atoms with van der Waals surface area (Å²) in [5, 5.41) is 29.8. The summed E-state index contributed by atoms with van der Waals surface area (Å²) in [6, 6.07) is 13.3. The molecule has 0 atom stereocenters. The minimum atomic E-state index is -0.899. The zero-order valence-corrected chi connectivity index (χ0v) is 18.8. The average molecular weight is 518 g/mol. The Bertz CT molecular complexity index is 1230. The van der Waals surface area contributed by atoms with Crippen molar-refractivity contribution in [2.75, 3.05) is 5.73 Å². The number of rotatable bonds is 2. The van der Waals surface area contributed by atoms with Crippen LogP contribution in [0.5, 0.6) is 5.75 Å². The van der Waals surface area contributed by atoms with Gasteiger partial charge in [-0.05, 0) is 42.0 Å². The number of nitrogens with two attached hydrogens (primary N) is 2. The molecule has 0 saturated heterocycles. The van der Waals surface area contributed by atoms with Gasteiger partial charge in [0, 0.05) is 33.3 Å². The number of hydrogen-bond donors (Lipinski definition) is 2. The fraction of sp³-hybridized carbons (Fsp3) is 0. The van der Waals surface area contributed by atoms with Crippen LogP contribution in [0.3, 0.4) is 0 Å². The largest absolute Gasteiger partial charge is 4.00 e. The van der Waals surface area contributed by atoms with E-state index in [4.69, 9.17) is 11.5 Å². The molecule has 31 heavy (non-hydrogen) atoms. The van der Waals surface area contributed by atoms with Crippen LogP contribution in [0.15, 0.2) is 75.6 Å². The number of fused-ring (bicyclic) bond motifs is 3. The van der Waals surface area contributed by atoms with E-state index in [0.717, 1.165) is 32.0 Å². The molecule has 4 rings (SSSR count). The van der Waals surface area contributed by atoms with E-state index in [1.165, 1.54) is 12.3 Å². The zero-order chi connectivity index (χ0) is 20.8. The number of nitrogens with zero attached hydrogens (tertiary/aromatic N) is 4. The maximum atomic E-state index is 11.2. The Hall–Kier alpha value is -3.18. The van der Waals surface area contributed by atoms with E-state index in [9.17, 15) is 10.2 Å². The Morgan fingerprint density at radius 3 is 2.42 bits per heavy atom. The van der Waals surface area contributed by atoms with Gasteiger partial charge in [0.1, 0.15) is 0 Å². The molecule has 0 spiro atoms. The first-order valence-electron chi connectivity index (χ1n) is 8.33. The molecule has 1 radical (unpaired) electrons. The van der Waals surface area contributed by atoms with Gasteiger partial charge in [-0.1, -0.05) is 33.8 Å². The smallest absolute Gasteiger partial charge is 2.00 e. The predicted molar refractivity (Wildman–Crippen MR) is 115 cm³/mol. The molecular weight excluding hydrogens is 503 g/mol. The van der Waals surface area contributed by atoms with Crippen LogP contribution < -0.4 is 21.7 Å². The van der Waals surface area contributed by atoms with Gasteiger partial charge in [-0.15, -0.1) is 5.10 Å². The van der Waals surface area contributed by atoms with Crippen molar-refractivity contribution in [3.05, 3.63) is 71.0 Å². The van der Waals surface area contributed by atoms with E-state index in [-0.39, 0.29) is 29.8 Å². The molecule has 2 heterocycles. The summed E-state index contributed by atoms with van der Waals surface area (Å²) >= 11 is 3.19. The van der Waals surface area contributed by atoms with Crippen molar-refractivity contribution in [3.63, 3.8) is 0 Å². The van der Waals surface area contributed by atoms with Crippen LogP contribution in [0.2, 0.25) is 0 Å². The number of pyridine rings is 2. The van der Waals surface area contributed by atoms with Crippen LogP contribution >= 0.6 is 15.9 Å². The topological polar surface area (TPSA) is 177 Å². The Kier molecular flexibility index (Phi) is 9.90. The van der Waals surface area contributed by atoms with E-state index in [2.05, 4.69) is 36.1 Å². The van der Waals surface area contributed by atoms with Gasteiger partial charge >= 0.3 is 18.6 Å². The summed E-state index contributed by atoms with van der Waals surface area (Å²) in [4.78, 5) is 8.66. The van der Waals surface area contributed by atoms with Gasteiger partial charge in [-0.2, -0.15) is 5.10 Å². The van der Waals surface area contributed by atoms with Crippen LogP contribution in [0.4, 0.5) is 5.69 Å². The van der Waals surface area contributed by atoms with Gasteiger partial charge in [0.15, 0.2) is 0 Å². The molecule has 0 bridgehead atoms. The third-order valence-electron chi connectivity index (χ3n) is 3.82. The first-order valence-corrected chi connectivity index (χ1v) is 9.13.